The summed E-state index contributed by atoms with van der Waals surface area (Å²) in [6, 6.07) is 4.08. The summed E-state index contributed by atoms with van der Waals surface area (Å²) in [6.07, 6.45) is 6.52. The molecular formula is C16H23N3O2. The Balaban J connectivity index is 1.65. The molecule has 0 spiro atoms. The Hall–Kier alpha value is -1.62. The van der Waals surface area contributed by atoms with Crippen molar-refractivity contribution in [2.45, 2.75) is 31.7 Å². The minimum absolute atomic E-state index is 0.0917. The summed E-state index contributed by atoms with van der Waals surface area (Å²) in [4.78, 5) is 21.2. The molecule has 114 valence electrons. The number of nitrogens with zero attached hydrogens (tertiary/aromatic N) is 3. The molecule has 5 nitrogen and oxygen atoms in total. The van der Waals surface area contributed by atoms with Crippen molar-refractivity contribution in [3.63, 3.8) is 0 Å². The molecule has 3 rings (SSSR count). The number of amides is 1. The summed E-state index contributed by atoms with van der Waals surface area (Å²) in [5.74, 6) is 0.634. The van der Waals surface area contributed by atoms with E-state index in [9.17, 15) is 4.79 Å². The van der Waals surface area contributed by atoms with Crippen molar-refractivity contribution in [1.82, 2.24) is 14.8 Å². The first kappa shape index (κ1) is 14.3. The lowest BCUT2D eigenvalue weighted by Crippen LogP contribution is -2.49. The fourth-order valence-electron chi connectivity index (χ4n) is 3.35. The molecule has 2 fully saturated rings. The van der Waals surface area contributed by atoms with E-state index in [0.29, 0.717) is 17.5 Å². The zero-order valence-corrected chi connectivity index (χ0v) is 12.6. The Kier molecular flexibility index (Phi) is 4.39. The van der Waals surface area contributed by atoms with Crippen LogP contribution < -0.4 is 4.74 Å². The quantitative estimate of drug-likeness (QED) is 0.851. The van der Waals surface area contributed by atoms with Crippen LogP contribution in [0.3, 0.4) is 0 Å². The van der Waals surface area contributed by atoms with Crippen molar-refractivity contribution in [3.8, 4) is 5.88 Å². The molecule has 0 N–H and O–H groups in total. The van der Waals surface area contributed by atoms with Gasteiger partial charge in [-0.1, -0.05) is 0 Å². The topological polar surface area (TPSA) is 45.7 Å². The maximum Gasteiger partial charge on any atom is 0.255 e. The molecule has 2 aliphatic rings. The predicted molar refractivity (Wildman–Crippen MR) is 80.5 cm³/mol. The molecule has 0 aliphatic carbocycles. The molecule has 0 aromatic carbocycles. The Morgan fingerprint density at radius 1 is 1.24 bits per heavy atom. The van der Waals surface area contributed by atoms with Crippen LogP contribution in [0, 0.1) is 0 Å². The van der Waals surface area contributed by atoms with Crippen molar-refractivity contribution in [2.24, 2.45) is 0 Å². The second-order valence-electron chi connectivity index (χ2n) is 5.88. The molecule has 2 aliphatic heterocycles. The molecule has 3 heterocycles. The van der Waals surface area contributed by atoms with E-state index < -0.39 is 0 Å². The van der Waals surface area contributed by atoms with E-state index in [4.69, 9.17) is 4.74 Å². The third-order valence-electron chi connectivity index (χ3n) is 4.53. The third kappa shape index (κ3) is 3.18. The maximum atomic E-state index is 12.6. The first-order valence-corrected chi connectivity index (χ1v) is 7.81. The number of carbonyl (C=O) groups excluding carboxylic acids is 1. The number of aromatic nitrogens is 1. The van der Waals surface area contributed by atoms with Crippen molar-refractivity contribution >= 4 is 5.91 Å². The van der Waals surface area contributed by atoms with Gasteiger partial charge in [0, 0.05) is 31.4 Å². The van der Waals surface area contributed by atoms with Crippen LogP contribution in [0.1, 0.15) is 36.0 Å². The summed E-state index contributed by atoms with van der Waals surface area (Å²) < 4.78 is 5.04. The summed E-state index contributed by atoms with van der Waals surface area (Å²) in [6.45, 7) is 4.09. The minimum Gasteiger partial charge on any atom is -0.481 e. The summed E-state index contributed by atoms with van der Waals surface area (Å²) >= 11 is 0. The van der Waals surface area contributed by atoms with Gasteiger partial charge in [0.1, 0.15) is 0 Å². The number of hydrogen-bond donors (Lipinski definition) is 0. The maximum absolute atomic E-state index is 12.6. The highest BCUT2D eigenvalue weighted by Gasteiger charge is 2.29. The van der Waals surface area contributed by atoms with Crippen molar-refractivity contribution < 1.29 is 9.53 Å². The summed E-state index contributed by atoms with van der Waals surface area (Å²) in [7, 11) is 1.58. The van der Waals surface area contributed by atoms with Crippen LogP contribution in [0.25, 0.3) is 0 Å². The highest BCUT2D eigenvalue weighted by Crippen LogP contribution is 2.21. The monoisotopic (exact) mass is 289 g/mol. The smallest absolute Gasteiger partial charge is 0.255 e. The van der Waals surface area contributed by atoms with E-state index in [0.717, 1.165) is 19.5 Å². The molecule has 1 atom stereocenters. The molecule has 0 unspecified atom stereocenters. The largest absolute Gasteiger partial charge is 0.481 e. The minimum atomic E-state index is 0.0917. The standard InChI is InChI=1S/C16H23N3O2/c1-21-15-7-6-13(11-17-15)16(20)19-10-4-5-14(12-19)18-8-2-3-9-18/h6-7,11,14H,2-5,8-10,12H2,1H3/t14-/m0/s1. The van der Waals surface area contributed by atoms with Gasteiger partial charge in [-0.3, -0.25) is 9.69 Å². The summed E-state index contributed by atoms with van der Waals surface area (Å²) in [5, 5.41) is 0. The van der Waals surface area contributed by atoms with Crippen LogP contribution in [0.5, 0.6) is 5.88 Å². The fourth-order valence-corrected chi connectivity index (χ4v) is 3.35. The number of ether oxygens (including phenoxy) is 1. The van der Waals surface area contributed by atoms with Gasteiger partial charge < -0.3 is 9.64 Å². The lowest BCUT2D eigenvalue weighted by Gasteiger charge is -2.37. The van der Waals surface area contributed by atoms with Gasteiger partial charge in [-0.05, 0) is 44.8 Å². The molecular weight excluding hydrogens is 266 g/mol. The number of likely N-dealkylation sites (tertiary alicyclic amines) is 2. The van der Waals surface area contributed by atoms with Gasteiger partial charge in [0.25, 0.3) is 5.91 Å². The van der Waals surface area contributed by atoms with Crippen LogP contribution >= 0.6 is 0 Å². The van der Waals surface area contributed by atoms with Crippen LogP contribution in [0.4, 0.5) is 0 Å². The average molecular weight is 289 g/mol. The van der Waals surface area contributed by atoms with Crippen LogP contribution in [-0.2, 0) is 0 Å². The second kappa shape index (κ2) is 6.43. The van der Waals surface area contributed by atoms with Gasteiger partial charge in [0.2, 0.25) is 5.88 Å². The normalized spacial score (nSPS) is 23.3. The number of hydrogen-bond acceptors (Lipinski definition) is 4. The number of carbonyl (C=O) groups is 1. The van der Waals surface area contributed by atoms with E-state index in [2.05, 4.69) is 9.88 Å². The Labute approximate surface area is 125 Å². The predicted octanol–water partition coefficient (Wildman–Crippen LogP) is 1.79. The van der Waals surface area contributed by atoms with Crippen LogP contribution in [-0.4, -0.2) is 60.0 Å². The first-order valence-electron chi connectivity index (χ1n) is 7.81. The number of rotatable bonds is 3. The van der Waals surface area contributed by atoms with Gasteiger partial charge in [0.15, 0.2) is 0 Å². The molecule has 2 saturated heterocycles. The third-order valence-corrected chi connectivity index (χ3v) is 4.53. The van der Waals surface area contributed by atoms with Gasteiger partial charge in [-0.2, -0.15) is 0 Å². The zero-order chi connectivity index (χ0) is 14.7. The highest BCUT2D eigenvalue weighted by molar-refractivity contribution is 5.94. The Bertz CT molecular complexity index is 483. The van der Waals surface area contributed by atoms with Gasteiger partial charge >= 0.3 is 0 Å². The van der Waals surface area contributed by atoms with E-state index in [1.165, 1.54) is 32.4 Å². The molecule has 0 radical (unpaired) electrons. The molecule has 5 heteroatoms. The van der Waals surface area contributed by atoms with E-state index in [1.807, 2.05) is 4.90 Å². The first-order chi connectivity index (χ1) is 10.3. The Morgan fingerprint density at radius 3 is 2.71 bits per heavy atom. The summed E-state index contributed by atoms with van der Waals surface area (Å²) in [5.41, 5.74) is 0.651. The van der Waals surface area contributed by atoms with Crippen molar-refractivity contribution in [1.29, 1.82) is 0 Å². The lowest BCUT2D eigenvalue weighted by atomic mass is 10.0. The highest BCUT2D eigenvalue weighted by atomic mass is 16.5. The average Bonchev–Trinajstić information content (AvgIpc) is 3.09. The van der Waals surface area contributed by atoms with Gasteiger partial charge in [0.05, 0.1) is 12.7 Å². The molecule has 0 saturated carbocycles. The van der Waals surface area contributed by atoms with Crippen LogP contribution in [0.2, 0.25) is 0 Å². The van der Waals surface area contributed by atoms with Gasteiger partial charge in [-0.25, -0.2) is 4.98 Å². The second-order valence-corrected chi connectivity index (χ2v) is 5.88. The number of methoxy groups -OCH3 is 1. The van der Waals surface area contributed by atoms with E-state index in [-0.39, 0.29) is 5.91 Å². The molecule has 1 aromatic heterocycles. The van der Waals surface area contributed by atoms with Crippen molar-refractivity contribution in [3.05, 3.63) is 23.9 Å². The SMILES string of the molecule is COc1ccc(C(=O)N2CCC[C@H](N3CCCC3)C2)cn1. The van der Waals surface area contributed by atoms with E-state index >= 15 is 0 Å². The molecule has 1 aromatic rings. The Morgan fingerprint density at radius 2 is 2.05 bits per heavy atom. The van der Waals surface area contributed by atoms with Crippen molar-refractivity contribution in [2.75, 3.05) is 33.3 Å². The zero-order valence-electron chi connectivity index (χ0n) is 12.6. The van der Waals surface area contributed by atoms with Gasteiger partial charge in [-0.15, -0.1) is 0 Å². The number of pyridine rings is 1. The lowest BCUT2D eigenvalue weighted by molar-refractivity contribution is 0.0607. The molecule has 21 heavy (non-hydrogen) atoms. The fraction of sp³-hybridized carbons (Fsp3) is 0.625. The van der Waals surface area contributed by atoms with Crippen LogP contribution in [0.15, 0.2) is 18.3 Å². The molecule has 0 bridgehead atoms. The molecule has 1 amide bonds. The number of piperidine rings is 1. The van der Waals surface area contributed by atoms with E-state index in [1.54, 1.807) is 25.4 Å².